The molecule has 0 saturated carbocycles. The van der Waals surface area contributed by atoms with Crippen molar-refractivity contribution >= 4 is 18.4 Å². The Bertz CT molecular complexity index is 235. The van der Waals surface area contributed by atoms with Crippen molar-refractivity contribution in [2.75, 3.05) is 13.1 Å². The van der Waals surface area contributed by atoms with Crippen molar-refractivity contribution in [3.8, 4) is 0 Å². The van der Waals surface area contributed by atoms with Crippen LogP contribution in [-0.2, 0) is 9.53 Å². The van der Waals surface area contributed by atoms with Gasteiger partial charge in [0.2, 0.25) is 0 Å². The van der Waals surface area contributed by atoms with E-state index in [0.717, 1.165) is 32.4 Å². The second kappa shape index (κ2) is 7.19. The topological polar surface area (TPSA) is 64.3 Å². The molecule has 1 atom stereocenters. The number of halogens is 1. The summed E-state index contributed by atoms with van der Waals surface area (Å²) >= 11 is 0. The van der Waals surface area contributed by atoms with Crippen molar-refractivity contribution in [3.63, 3.8) is 0 Å². The maximum atomic E-state index is 11.7. The summed E-state index contributed by atoms with van der Waals surface area (Å²) in [6.45, 7) is 7.66. The molecular weight excluding hydrogens is 240 g/mol. The molecule has 0 amide bonds. The number of hydrogen-bond acceptors (Lipinski definition) is 4. The van der Waals surface area contributed by atoms with Gasteiger partial charge in [0.05, 0.1) is 0 Å². The summed E-state index contributed by atoms with van der Waals surface area (Å²) in [5.41, 5.74) is 5.42. The average Bonchev–Trinajstić information content (AvgIpc) is 2.16. The molecule has 5 heteroatoms. The van der Waals surface area contributed by atoms with E-state index in [0.29, 0.717) is 5.92 Å². The van der Waals surface area contributed by atoms with Crippen molar-refractivity contribution in [3.05, 3.63) is 0 Å². The molecule has 1 aliphatic heterocycles. The maximum Gasteiger partial charge on any atom is 0.323 e. The van der Waals surface area contributed by atoms with E-state index in [9.17, 15) is 4.79 Å². The minimum atomic E-state index is -0.470. The molecule has 4 nitrogen and oxygen atoms in total. The van der Waals surface area contributed by atoms with Crippen LogP contribution in [0.1, 0.15) is 40.0 Å². The molecule has 1 aliphatic rings. The van der Waals surface area contributed by atoms with Gasteiger partial charge in [0.15, 0.2) is 0 Å². The molecule has 0 bridgehead atoms. The van der Waals surface area contributed by atoms with Crippen LogP contribution in [0, 0.1) is 5.92 Å². The van der Waals surface area contributed by atoms with Crippen LogP contribution in [-0.4, -0.2) is 30.7 Å². The second-order valence-electron chi connectivity index (χ2n) is 5.57. The van der Waals surface area contributed by atoms with Crippen LogP contribution in [0.3, 0.4) is 0 Å². The predicted octanol–water partition coefficient (Wildman–Crippen LogP) is 1.47. The lowest BCUT2D eigenvalue weighted by Gasteiger charge is -2.26. The molecule has 0 aromatic rings. The molecule has 1 heterocycles. The third-order valence-electron chi connectivity index (χ3n) is 2.76. The van der Waals surface area contributed by atoms with Gasteiger partial charge in [-0.3, -0.25) is 4.79 Å². The number of piperidine rings is 1. The lowest BCUT2D eigenvalue weighted by Crippen LogP contribution is -2.40. The predicted molar refractivity (Wildman–Crippen MR) is 71.3 cm³/mol. The number of nitrogens with two attached hydrogens (primary N) is 1. The van der Waals surface area contributed by atoms with Crippen LogP contribution >= 0.6 is 12.4 Å². The lowest BCUT2D eigenvalue weighted by molar-refractivity contribution is -0.157. The van der Waals surface area contributed by atoms with E-state index >= 15 is 0 Å². The van der Waals surface area contributed by atoms with Gasteiger partial charge in [0.25, 0.3) is 0 Å². The first-order valence-electron chi connectivity index (χ1n) is 6.07. The SMILES string of the molecule is CC(C)(C)OC(=O)C(N)CC1CCNCC1.Cl. The number of ether oxygens (including phenoxy) is 1. The third kappa shape index (κ3) is 6.86. The fourth-order valence-corrected chi connectivity index (χ4v) is 1.95. The largest absolute Gasteiger partial charge is 0.459 e. The van der Waals surface area contributed by atoms with Gasteiger partial charge in [0.1, 0.15) is 11.6 Å². The Balaban J connectivity index is 0.00000256. The van der Waals surface area contributed by atoms with Gasteiger partial charge in [-0.2, -0.15) is 0 Å². The van der Waals surface area contributed by atoms with E-state index in [1.165, 1.54) is 0 Å². The van der Waals surface area contributed by atoms with E-state index in [-0.39, 0.29) is 18.4 Å². The lowest BCUT2D eigenvalue weighted by atomic mass is 9.91. The van der Waals surface area contributed by atoms with Gasteiger partial charge < -0.3 is 15.8 Å². The number of rotatable bonds is 3. The summed E-state index contributed by atoms with van der Waals surface area (Å²) in [5.74, 6) is 0.287. The van der Waals surface area contributed by atoms with Gasteiger partial charge in [-0.05, 0) is 59.0 Å². The van der Waals surface area contributed by atoms with Crippen LogP contribution in [0.4, 0.5) is 0 Å². The van der Waals surface area contributed by atoms with Crippen LogP contribution in [0.5, 0.6) is 0 Å². The molecule has 0 aliphatic carbocycles. The fourth-order valence-electron chi connectivity index (χ4n) is 1.95. The van der Waals surface area contributed by atoms with Crippen LogP contribution in [0.25, 0.3) is 0 Å². The zero-order valence-electron chi connectivity index (χ0n) is 11.0. The van der Waals surface area contributed by atoms with Gasteiger partial charge >= 0.3 is 5.97 Å². The number of hydrogen-bond donors (Lipinski definition) is 2. The van der Waals surface area contributed by atoms with Crippen molar-refractivity contribution in [2.45, 2.75) is 51.7 Å². The first kappa shape index (κ1) is 16.7. The smallest absolute Gasteiger partial charge is 0.323 e. The Morgan fingerprint density at radius 1 is 1.41 bits per heavy atom. The van der Waals surface area contributed by atoms with E-state index in [1.54, 1.807) is 0 Å². The highest BCUT2D eigenvalue weighted by molar-refractivity contribution is 5.85. The Morgan fingerprint density at radius 3 is 2.41 bits per heavy atom. The summed E-state index contributed by atoms with van der Waals surface area (Å²) in [5, 5.41) is 3.30. The number of nitrogens with one attached hydrogen (secondary N) is 1. The Hall–Kier alpha value is -0.320. The summed E-state index contributed by atoms with van der Waals surface area (Å²) in [6, 6.07) is -0.470. The third-order valence-corrected chi connectivity index (χ3v) is 2.76. The molecule has 0 aromatic carbocycles. The van der Waals surface area contributed by atoms with Gasteiger partial charge in [-0.25, -0.2) is 0 Å². The Labute approximate surface area is 110 Å². The molecule has 17 heavy (non-hydrogen) atoms. The van der Waals surface area contributed by atoms with Crippen LogP contribution in [0.15, 0.2) is 0 Å². The first-order chi connectivity index (χ1) is 7.38. The minimum Gasteiger partial charge on any atom is -0.459 e. The minimum absolute atomic E-state index is 0. The maximum absolute atomic E-state index is 11.7. The molecule has 0 spiro atoms. The molecule has 1 unspecified atom stereocenters. The summed E-state index contributed by atoms with van der Waals surface area (Å²) < 4.78 is 5.26. The summed E-state index contributed by atoms with van der Waals surface area (Å²) in [4.78, 5) is 11.7. The molecule has 0 radical (unpaired) electrons. The number of esters is 1. The molecule has 102 valence electrons. The molecule has 1 rings (SSSR count). The van der Waals surface area contributed by atoms with Gasteiger partial charge in [0, 0.05) is 0 Å². The van der Waals surface area contributed by atoms with E-state index in [2.05, 4.69) is 5.32 Å². The van der Waals surface area contributed by atoms with Crippen molar-refractivity contribution < 1.29 is 9.53 Å². The normalized spacial score (nSPS) is 19.3. The molecular formula is C12H25ClN2O2. The average molecular weight is 265 g/mol. The second-order valence-corrected chi connectivity index (χ2v) is 5.57. The molecule has 1 saturated heterocycles. The van der Waals surface area contributed by atoms with Crippen LogP contribution in [0.2, 0.25) is 0 Å². The summed E-state index contributed by atoms with van der Waals surface area (Å²) in [6.07, 6.45) is 2.96. The molecule has 0 aromatic heterocycles. The quantitative estimate of drug-likeness (QED) is 0.758. The number of carbonyl (C=O) groups excluding carboxylic acids is 1. The number of carbonyl (C=O) groups is 1. The van der Waals surface area contributed by atoms with Gasteiger partial charge in [-0.1, -0.05) is 0 Å². The van der Waals surface area contributed by atoms with Crippen molar-refractivity contribution in [2.24, 2.45) is 11.7 Å². The fraction of sp³-hybridized carbons (Fsp3) is 0.917. The molecule has 1 fully saturated rings. The van der Waals surface area contributed by atoms with Crippen molar-refractivity contribution in [1.82, 2.24) is 5.32 Å². The van der Waals surface area contributed by atoms with E-state index < -0.39 is 11.6 Å². The summed E-state index contributed by atoms with van der Waals surface area (Å²) in [7, 11) is 0. The highest BCUT2D eigenvalue weighted by Crippen LogP contribution is 2.18. The van der Waals surface area contributed by atoms with E-state index in [1.807, 2.05) is 20.8 Å². The Kier molecular flexibility index (Phi) is 7.05. The standard InChI is InChI=1S/C12H24N2O2.ClH/c1-12(2,3)16-11(15)10(13)8-9-4-6-14-7-5-9;/h9-10,14H,4-8,13H2,1-3H3;1H. The van der Waals surface area contributed by atoms with Crippen LogP contribution < -0.4 is 11.1 Å². The zero-order valence-corrected chi connectivity index (χ0v) is 11.8. The monoisotopic (exact) mass is 264 g/mol. The highest BCUT2D eigenvalue weighted by Gasteiger charge is 2.25. The Morgan fingerprint density at radius 2 is 1.94 bits per heavy atom. The van der Waals surface area contributed by atoms with E-state index in [4.69, 9.17) is 10.5 Å². The van der Waals surface area contributed by atoms with Crippen molar-refractivity contribution in [1.29, 1.82) is 0 Å². The highest BCUT2D eigenvalue weighted by atomic mass is 35.5. The molecule has 3 N–H and O–H groups in total. The zero-order chi connectivity index (χ0) is 12.2. The van der Waals surface area contributed by atoms with Gasteiger partial charge in [-0.15, -0.1) is 12.4 Å². The first-order valence-corrected chi connectivity index (χ1v) is 6.07.